The molecule has 1 aromatic heterocycles. The summed E-state index contributed by atoms with van der Waals surface area (Å²) in [7, 11) is 0. The Kier molecular flexibility index (Phi) is 9.36. The van der Waals surface area contributed by atoms with Crippen LogP contribution in [0.15, 0.2) is 65.6 Å². The molecule has 2 atom stereocenters. The van der Waals surface area contributed by atoms with E-state index in [-0.39, 0.29) is 30.1 Å². The Labute approximate surface area is 235 Å². The molecule has 2 heterocycles. The van der Waals surface area contributed by atoms with Crippen molar-refractivity contribution in [2.45, 2.75) is 71.6 Å². The number of aryl methyl sites for hydroxylation is 2. The number of likely N-dealkylation sites (tertiary alicyclic amines) is 1. The quantitative estimate of drug-likeness (QED) is 0.297. The second kappa shape index (κ2) is 12.7. The molecule has 7 heteroatoms. The number of aromatic nitrogens is 1. The molecule has 1 N–H and O–H groups in total. The molecular weight excluding hydrogens is 507 g/mol. The van der Waals surface area contributed by atoms with Crippen molar-refractivity contribution in [1.29, 1.82) is 0 Å². The summed E-state index contributed by atoms with van der Waals surface area (Å²) in [5.41, 5.74) is 5.70. The molecule has 0 saturated carbocycles. The lowest BCUT2D eigenvalue weighted by atomic mass is 9.85. The fourth-order valence-electron chi connectivity index (χ4n) is 5.74. The Morgan fingerprint density at radius 2 is 1.68 bits per heavy atom. The van der Waals surface area contributed by atoms with E-state index in [9.17, 15) is 23.9 Å². The second-order valence-corrected chi connectivity index (χ2v) is 11.6. The van der Waals surface area contributed by atoms with Gasteiger partial charge in [0.25, 0.3) is 5.56 Å². The van der Waals surface area contributed by atoms with Crippen molar-refractivity contribution in [3.8, 4) is 11.1 Å². The summed E-state index contributed by atoms with van der Waals surface area (Å²) in [5, 5.41) is 9.75. The van der Waals surface area contributed by atoms with Crippen LogP contribution < -0.4 is 5.56 Å². The van der Waals surface area contributed by atoms with Crippen molar-refractivity contribution in [2.24, 2.45) is 5.92 Å². The topological polar surface area (TPSA) is 79.6 Å². The number of carbonyl (C=O) groups is 2. The molecule has 1 fully saturated rings. The van der Waals surface area contributed by atoms with Crippen LogP contribution in [0, 0.1) is 19.8 Å². The SMILES string of the molecule is Cc1cccc(C)c1-c1cccc([C@H](CC(=O)O)CC(=O)C(CC(C)C)n2cc(CN3CC(F)C3)ccc2=O)c1. The summed E-state index contributed by atoms with van der Waals surface area (Å²) in [6.45, 7) is 9.34. The number of pyridine rings is 1. The van der Waals surface area contributed by atoms with E-state index >= 15 is 0 Å². The van der Waals surface area contributed by atoms with E-state index in [4.69, 9.17) is 0 Å². The van der Waals surface area contributed by atoms with E-state index in [1.54, 1.807) is 12.3 Å². The van der Waals surface area contributed by atoms with Crippen LogP contribution >= 0.6 is 0 Å². The molecule has 2 aromatic carbocycles. The standard InChI is InChI=1S/C33H39FN2O4/c1-21(2)13-29(36-18-24(11-12-31(36)38)17-35-19-28(34)20-35)30(37)15-27(16-32(39)40)25-9-6-10-26(14-25)33-22(3)7-5-8-23(33)4/h5-12,14,18,21,27-29H,13,15-17,19-20H2,1-4H3,(H,39,40)/t27-,29?/m0/s1. The zero-order chi connectivity index (χ0) is 29.0. The fourth-order valence-corrected chi connectivity index (χ4v) is 5.74. The molecule has 0 bridgehead atoms. The fraction of sp³-hybridized carbons (Fsp3) is 0.424. The summed E-state index contributed by atoms with van der Waals surface area (Å²) in [6, 6.07) is 16.4. The van der Waals surface area contributed by atoms with Crippen LogP contribution in [-0.4, -0.2) is 45.6 Å². The van der Waals surface area contributed by atoms with Gasteiger partial charge in [-0.25, -0.2) is 4.39 Å². The Morgan fingerprint density at radius 1 is 1.00 bits per heavy atom. The average molecular weight is 547 g/mol. The number of alkyl halides is 1. The van der Waals surface area contributed by atoms with E-state index < -0.39 is 24.1 Å². The number of halogens is 1. The molecule has 1 saturated heterocycles. The first kappa shape index (κ1) is 29.4. The highest BCUT2D eigenvalue weighted by Gasteiger charge is 2.29. The molecule has 1 unspecified atom stereocenters. The van der Waals surface area contributed by atoms with Gasteiger partial charge < -0.3 is 9.67 Å². The largest absolute Gasteiger partial charge is 0.481 e. The molecular formula is C33H39FN2O4. The highest BCUT2D eigenvalue weighted by atomic mass is 19.1. The molecule has 6 nitrogen and oxygen atoms in total. The predicted molar refractivity (Wildman–Crippen MR) is 155 cm³/mol. The van der Waals surface area contributed by atoms with Crippen molar-refractivity contribution >= 4 is 11.8 Å². The first-order valence-electron chi connectivity index (χ1n) is 14.0. The second-order valence-electron chi connectivity index (χ2n) is 11.6. The molecule has 212 valence electrons. The first-order chi connectivity index (χ1) is 19.0. The van der Waals surface area contributed by atoms with Crippen LogP contribution in [-0.2, 0) is 16.1 Å². The number of carboxylic acid groups (broad SMARTS) is 1. The van der Waals surface area contributed by atoms with Crippen molar-refractivity contribution in [1.82, 2.24) is 9.47 Å². The van der Waals surface area contributed by atoms with E-state index in [1.807, 2.05) is 75.1 Å². The van der Waals surface area contributed by atoms with Crippen molar-refractivity contribution in [2.75, 3.05) is 13.1 Å². The molecule has 0 aliphatic carbocycles. The molecule has 3 aromatic rings. The maximum absolute atomic E-state index is 13.9. The maximum Gasteiger partial charge on any atom is 0.303 e. The summed E-state index contributed by atoms with van der Waals surface area (Å²) >= 11 is 0. The van der Waals surface area contributed by atoms with Gasteiger partial charge in [0.15, 0.2) is 5.78 Å². The number of hydrogen-bond donors (Lipinski definition) is 1. The Morgan fingerprint density at radius 3 is 2.30 bits per heavy atom. The number of Topliss-reactive ketones (excluding diaryl/α,β-unsaturated/α-hetero) is 1. The lowest BCUT2D eigenvalue weighted by molar-refractivity contribution is -0.137. The number of benzene rings is 2. The van der Waals surface area contributed by atoms with Crippen LogP contribution in [0.5, 0.6) is 0 Å². The van der Waals surface area contributed by atoms with Gasteiger partial charge in [0, 0.05) is 44.2 Å². The van der Waals surface area contributed by atoms with Gasteiger partial charge in [-0.2, -0.15) is 0 Å². The highest BCUT2D eigenvalue weighted by molar-refractivity contribution is 5.84. The summed E-state index contributed by atoms with van der Waals surface area (Å²) in [6.07, 6.45) is 1.17. The van der Waals surface area contributed by atoms with Gasteiger partial charge in [-0.15, -0.1) is 0 Å². The lowest BCUT2D eigenvalue weighted by Crippen LogP contribution is -2.47. The van der Waals surface area contributed by atoms with Crippen LogP contribution in [0.1, 0.15) is 67.3 Å². The number of rotatable bonds is 12. The number of ketones is 1. The van der Waals surface area contributed by atoms with Gasteiger partial charge in [-0.1, -0.05) is 62.4 Å². The van der Waals surface area contributed by atoms with Crippen LogP contribution in [0.3, 0.4) is 0 Å². The first-order valence-corrected chi connectivity index (χ1v) is 14.0. The zero-order valence-electron chi connectivity index (χ0n) is 23.8. The molecule has 1 aliphatic heterocycles. The van der Waals surface area contributed by atoms with E-state index in [0.717, 1.165) is 33.4 Å². The minimum absolute atomic E-state index is 0.00617. The van der Waals surface area contributed by atoms with Gasteiger partial charge in [-0.3, -0.25) is 19.3 Å². The molecule has 0 amide bonds. The molecule has 1 aliphatic rings. The van der Waals surface area contributed by atoms with Gasteiger partial charge in [-0.05, 0) is 59.6 Å². The number of carboxylic acids is 1. The highest BCUT2D eigenvalue weighted by Crippen LogP contribution is 2.33. The lowest BCUT2D eigenvalue weighted by Gasteiger charge is -2.34. The normalized spacial score (nSPS) is 15.6. The zero-order valence-corrected chi connectivity index (χ0v) is 23.8. The molecule has 4 rings (SSSR count). The Hall–Kier alpha value is -3.58. The Bertz CT molecular complexity index is 1400. The monoisotopic (exact) mass is 546 g/mol. The minimum Gasteiger partial charge on any atom is -0.481 e. The Balaban J connectivity index is 1.64. The van der Waals surface area contributed by atoms with E-state index in [2.05, 4.69) is 0 Å². The van der Waals surface area contributed by atoms with Crippen LogP contribution in [0.4, 0.5) is 4.39 Å². The van der Waals surface area contributed by atoms with Gasteiger partial charge in [0.05, 0.1) is 12.5 Å². The smallest absolute Gasteiger partial charge is 0.303 e. The number of carbonyl (C=O) groups excluding carboxylic acids is 1. The molecule has 40 heavy (non-hydrogen) atoms. The molecule has 0 radical (unpaired) electrons. The summed E-state index contributed by atoms with van der Waals surface area (Å²) in [5.74, 6) is -1.54. The van der Waals surface area contributed by atoms with Crippen molar-refractivity contribution in [3.63, 3.8) is 0 Å². The van der Waals surface area contributed by atoms with Crippen molar-refractivity contribution < 1.29 is 19.1 Å². The number of nitrogens with zero attached hydrogens (tertiary/aromatic N) is 2. The van der Waals surface area contributed by atoms with Gasteiger partial charge in [0.2, 0.25) is 0 Å². The third-order valence-corrected chi connectivity index (χ3v) is 7.72. The van der Waals surface area contributed by atoms with E-state index in [1.165, 1.54) is 10.6 Å². The van der Waals surface area contributed by atoms with Gasteiger partial charge in [0.1, 0.15) is 6.17 Å². The summed E-state index contributed by atoms with van der Waals surface area (Å²) in [4.78, 5) is 40.7. The third kappa shape index (κ3) is 7.13. The number of aliphatic carboxylic acids is 1. The third-order valence-electron chi connectivity index (χ3n) is 7.72. The predicted octanol–water partition coefficient (Wildman–Crippen LogP) is 6.09. The molecule has 0 spiro atoms. The minimum atomic E-state index is -0.976. The summed E-state index contributed by atoms with van der Waals surface area (Å²) < 4.78 is 14.8. The van der Waals surface area contributed by atoms with Crippen molar-refractivity contribution in [3.05, 3.63) is 93.4 Å². The number of hydrogen-bond acceptors (Lipinski definition) is 4. The van der Waals surface area contributed by atoms with E-state index in [0.29, 0.717) is 26.1 Å². The average Bonchev–Trinajstić information content (AvgIpc) is 2.87. The van der Waals surface area contributed by atoms with Crippen LogP contribution in [0.2, 0.25) is 0 Å². The maximum atomic E-state index is 13.9. The van der Waals surface area contributed by atoms with Gasteiger partial charge >= 0.3 is 5.97 Å². The van der Waals surface area contributed by atoms with Crippen LogP contribution in [0.25, 0.3) is 11.1 Å².